The fraction of sp³-hybridized carbons (Fsp3) is 0.333. The van der Waals surface area contributed by atoms with Crippen LogP contribution in [0.15, 0.2) is 36.4 Å². The summed E-state index contributed by atoms with van der Waals surface area (Å²) in [6, 6.07) is 11.1. The molecule has 114 valence electrons. The van der Waals surface area contributed by atoms with Crippen molar-refractivity contribution in [3.63, 3.8) is 0 Å². The van der Waals surface area contributed by atoms with E-state index in [9.17, 15) is 9.90 Å². The highest BCUT2D eigenvalue weighted by Crippen LogP contribution is 2.30. The monoisotopic (exact) mass is 296 g/mol. The van der Waals surface area contributed by atoms with E-state index in [1.165, 1.54) is 0 Å². The first-order valence-corrected chi connectivity index (χ1v) is 7.57. The molecule has 3 rings (SSSR count). The molecular formula is C18H20N2O2. The minimum absolute atomic E-state index is 0.0412. The van der Waals surface area contributed by atoms with Gasteiger partial charge in [0.2, 0.25) is 0 Å². The van der Waals surface area contributed by atoms with E-state index in [1.54, 1.807) is 18.2 Å². The molecule has 0 aliphatic heterocycles. The van der Waals surface area contributed by atoms with Crippen LogP contribution < -0.4 is 0 Å². The molecule has 0 bridgehead atoms. The molecule has 0 saturated heterocycles. The summed E-state index contributed by atoms with van der Waals surface area (Å²) in [5, 5.41) is 9.60. The molecular weight excluding hydrogens is 276 g/mol. The molecule has 1 saturated carbocycles. The summed E-state index contributed by atoms with van der Waals surface area (Å²) in [6.07, 6.45) is 2.10. The summed E-state index contributed by atoms with van der Waals surface area (Å²) in [5.74, 6) is 0.274. The summed E-state index contributed by atoms with van der Waals surface area (Å²) in [5.41, 5.74) is 3.35. The number of hydrogen-bond acceptors (Lipinski definition) is 3. The molecule has 0 spiro atoms. The second kappa shape index (κ2) is 5.79. The van der Waals surface area contributed by atoms with Crippen molar-refractivity contribution in [3.8, 4) is 5.75 Å². The number of phenols is 1. The van der Waals surface area contributed by atoms with E-state index in [1.807, 2.05) is 36.9 Å². The van der Waals surface area contributed by atoms with Crippen molar-refractivity contribution in [2.45, 2.75) is 39.3 Å². The zero-order chi connectivity index (χ0) is 15.7. The van der Waals surface area contributed by atoms with Crippen molar-refractivity contribution in [2.75, 3.05) is 0 Å². The average molecular weight is 296 g/mol. The molecule has 4 nitrogen and oxygen atoms in total. The van der Waals surface area contributed by atoms with Gasteiger partial charge in [0.05, 0.1) is 0 Å². The summed E-state index contributed by atoms with van der Waals surface area (Å²) in [4.78, 5) is 19.1. The number of rotatable bonds is 4. The van der Waals surface area contributed by atoms with Crippen LogP contribution in [-0.2, 0) is 6.54 Å². The van der Waals surface area contributed by atoms with E-state index >= 15 is 0 Å². The first-order chi connectivity index (χ1) is 10.5. The van der Waals surface area contributed by atoms with Gasteiger partial charge in [0.25, 0.3) is 5.91 Å². The molecule has 1 N–H and O–H groups in total. The lowest BCUT2D eigenvalue weighted by Crippen LogP contribution is -2.32. The van der Waals surface area contributed by atoms with Crippen molar-refractivity contribution in [3.05, 3.63) is 58.9 Å². The van der Waals surface area contributed by atoms with E-state index in [2.05, 4.69) is 4.98 Å². The van der Waals surface area contributed by atoms with Crippen LogP contribution in [0.25, 0.3) is 0 Å². The Morgan fingerprint density at radius 3 is 2.50 bits per heavy atom. The van der Waals surface area contributed by atoms with E-state index < -0.39 is 0 Å². The second-order valence-corrected chi connectivity index (χ2v) is 5.97. The quantitative estimate of drug-likeness (QED) is 0.942. The third kappa shape index (κ3) is 3.27. The molecule has 2 aromatic rings. The minimum Gasteiger partial charge on any atom is -0.508 e. The van der Waals surface area contributed by atoms with Crippen LogP contribution >= 0.6 is 0 Å². The molecule has 1 aromatic carbocycles. The van der Waals surface area contributed by atoms with Crippen LogP contribution in [0.4, 0.5) is 0 Å². The Bertz CT molecular complexity index is 688. The topological polar surface area (TPSA) is 53.4 Å². The van der Waals surface area contributed by atoms with Gasteiger partial charge in [-0.3, -0.25) is 9.78 Å². The second-order valence-electron chi connectivity index (χ2n) is 5.97. The number of carbonyl (C=O) groups excluding carboxylic acids is 1. The molecule has 1 amide bonds. The van der Waals surface area contributed by atoms with Crippen LogP contribution in [0.3, 0.4) is 0 Å². The lowest BCUT2D eigenvalue weighted by molar-refractivity contribution is 0.0729. The maximum atomic E-state index is 12.9. The Morgan fingerprint density at radius 2 is 1.91 bits per heavy atom. The SMILES string of the molecule is Cc1cc(C(=O)N(Cc2cccc(O)c2)C2CC2)cc(C)n1. The first kappa shape index (κ1) is 14.6. The van der Waals surface area contributed by atoms with Crippen LogP contribution in [-0.4, -0.2) is 26.9 Å². The lowest BCUT2D eigenvalue weighted by atomic mass is 10.1. The molecule has 0 radical (unpaired) electrons. The zero-order valence-electron chi connectivity index (χ0n) is 12.9. The van der Waals surface area contributed by atoms with Crippen LogP contribution in [0.2, 0.25) is 0 Å². The smallest absolute Gasteiger partial charge is 0.254 e. The van der Waals surface area contributed by atoms with Gasteiger partial charge >= 0.3 is 0 Å². The number of nitrogens with zero attached hydrogens (tertiary/aromatic N) is 2. The maximum absolute atomic E-state index is 12.9. The summed E-state index contributed by atoms with van der Waals surface area (Å²) in [7, 11) is 0. The molecule has 1 aliphatic carbocycles. The van der Waals surface area contributed by atoms with E-state index in [4.69, 9.17) is 0 Å². The van der Waals surface area contributed by atoms with Gasteiger partial charge in [-0.2, -0.15) is 0 Å². The molecule has 4 heteroatoms. The lowest BCUT2D eigenvalue weighted by Gasteiger charge is -2.23. The largest absolute Gasteiger partial charge is 0.508 e. The first-order valence-electron chi connectivity index (χ1n) is 7.57. The third-order valence-corrected chi connectivity index (χ3v) is 3.84. The van der Waals surface area contributed by atoms with Gasteiger partial charge < -0.3 is 10.0 Å². The number of phenolic OH excluding ortho intramolecular Hbond substituents is 1. The average Bonchev–Trinajstić information content (AvgIpc) is 3.27. The maximum Gasteiger partial charge on any atom is 0.254 e. The Balaban J connectivity index is 1.86. The Kier molecular flexibility index (Phi) is 3.84. The Labute approximate surface area is 130 Å². The predicted octanol–water partition coefficient (Wildman–Crippen LogP) is 3.21. The van der Waals surface area contributed by atoms with Gasteiger partial charge in [-0.1, -0.05) is 12.1 Å². The highest BCUT2D eigenvalue weighted by molar-refractivity contribution is 5.94. The van der Waals surface area contributed by atoms with Crippen LogP contribution in [0.5, 0.6) is 5.75 Å². The van der Waals surface area contributed by atoms with Crippen molar-refractivity contribution in [2.24, 2.45) is 0 Å². The molecule has 0 atom stereocenters. The highest BCUT2D eigenvalue weighted by Gasteiger charge is 2.33. The van der Waals surface area contributed by atoms with Gasteiger partial charge in [-0.15, -0.1) is 0 Å². The summed E-state index contributed by atoms with van der Waals surface area (Å²) >= 11 is 0. The fourth-order valence-electron chi connectivity index (χ4n) is 2.73. The number of aryl methyl sites for hydroxylation is 2. The van der Waals surface area contributed by atoms with Gasteiger partial charge in [-0.25, -0.2) is 0 Å². The van der Waals surface area contributed by atoms with E-state index in [0.717, 1.165) is 29.8 Å². The summed E-state index contributed by atoms with van der Waals surface area (Å²) in [6.45, 7) is 4.33. The Morgan fingerprint density at radius 1 is 1.23 bits per heavy atom. The zero-order valence-corrected chi connectivity index (χ0v) is 12.9. The number of aromatic nitrogens is 1. The predicted molar refractivity (Wildman–Crippen MR) is 84.7 cm³/mol. The summed E-state index contributed by atoms with van der Waals surface area (Å²) < 4.78 is 0. The molecule has 1 fully saturated rings. The number of amides is 1. The van der Waals surface area contributed by atoms with Gasteiger partial charge in [-0.05, 0) is 56.5 Å². The van der Waals surface area contributed by atoms with Crippen molar-refractivity contribution in [1.29, 1.82) is 0 Å². The van der Waals surface area contributed by atoms with E-state index in [0.29, 0.717) is 18.2 Å². The Hall–Kier alpha value is -2.36. The van der Waals surface area contributed by atoms with Crippen LogP contribution in [0, 0.1) is 13.8 Å². The van der Waals surface area contributed by atoms with Gasteiger partial charge in [0, 0.05) is 29.5 Å². The van der Waals surface area contributed by atoms with Gasteiger partial charge in [0.15, 0.2) is 0 Å². The van der Waals surface area contributed by atoms with Gasteiger partial charge in [0.1, 0.15) is 5.75 Å². The molecule has 1 aliphatic rings. The van der Waals surface area contributed by atoms with Crippen LogP contribution in [0.1, 0.15) is 40.2 Å². The number of carbonyl (C=O) groups is 1. The number of hydrogen-bond donors (Lipinski definition) is 1. The molecule has 22 heavy (non-hydrogen) atoms. The molecule has 1 heterocycles. The molecule has 0 unspecified atom stereocenters. The number of pyridine rings is 1. The molecule has 1 aromatic heterocycles. The minimum atomic E-state index is 0.0412. The van der Waals surface area contributed by atoms with Crippen molar-refractivity contribution in [1.82, 2.24) is 9.88 Å². The van der Waals surface area contributed by atoms with E-state index in [-0.39, 0.29) is 11.7 Å². The third-order valence-electron chi connectivity index (χ3n) is 3.84. The fourth-order valence-corrected chi connectivity index (χ4v) is 2.73. The normalized spacial score (nSPS) is 13.9. The number of aromatic hydroxyl groups is 1. The van der Waals surface area contributed by atoms with Crippen molar-refractivity contribution < 1.29 is 9.90 Å². The van der Waals surface area contributed by atoms with Crippen molar-refractivity contribution >= 4 is 5.91 Å². The number of benzene rings is 1. The standard InChI is InChI=1S/C18H20N2O2/c1-12-8-15(9-13(2)19-12)18(22)20(16-6-7-16)11-14-4-3-5-17(21)10-14/h3-5,8-10,16,21H,6-7,11H2,1-2H3. The highest BCUT2D eigenvalue weighted by atomic mass is 16.3.